The maximum atomic E-state index is 12.4. The summed E-state index contributed by atoms with van der Waals surface area (Å²) >= 11 is 0. The van der Waals surface area contributed by atoms with Crippen LogP contribution in [0.3, 0.4) is 0 Å². The van der Waals surface area contributed by atoms with Gasteiger partial charge >= 0.3 is 5.97 Å². The zero-order valence-corrected chi connectivity index (χ0v) is 17.6. The lowest BCUT2D eigenvalue weighted by molar-refractivity contribution is -0.137. The summed E-state index contributed by atoms with van der Waals surface area (Å²) < 4.78 is 11.8. The Morgan fingerprint density at radius 3 is 2.53 bits per heavy atom. The molecular weight excluding hydrogens is 380 g/mol. The van der Waals surface area contributed by atoms with Crippen molar-refractivity contribution in [3.63, 3.8) is 0 Å². The Morgan fingerprint density at radius 2 is 1.80 bits per heavy atom. The molecule has 0 saturated carbocycles. The number of aliphatic carboxylic acids is 1. The Bertz CT molecular complexity index is 856. The van der Waals surface area contributed by atoms with Crippen LogP contribution in [-0.2, 0) is 17.8 Å². The SMILES string of the molecule is CCCCCCCOc1ccc(COc2cccc3c2CC(CC(=O)O)C3=O)cc1. The third-order valence-electron chi connectivity index (χ3n) is 5.48. The molecule has 2 aromatic rings. The van der Waals surface area contributed by atoms with Crippen molar-refractivity contribution >= 4 is 11.8 Å². The number of benzene rings is 2. The second kappa shape index (κ2) is 10.8. The second-order valence-corrected chi connectivity index (χ2v) is 7.84. The van der Waals surface area contributed by atoms with Gasteiger partial charge in [-0.2, -0.15) is 0 Å². The third-order valence-corrected chi connectivity index (χ3v) is 5.48. The van der Waals surface area contributed by atoms with E-state index in [4.69, 9.17) is 14.6 Å². The van der Waals surface area contributed by atoms with Gasteiger partial charge < -0.3 is 14.6 Å². The smallest absolute Gasteiger partial charge is 0.304 e. The summed E-state index contributed by atoms with van der Waals surface area (Å²) in [6.07, 6.45) is 6.35. The highest BCUT2D eigenvalue weighted by atomic mass is 16.5. The highest BCUT2D eigenvalue weighted by Crippen LogP contribution is 2.35. The molecule has 0 radical (unpaired) electrons. The number of carboxylic acid groups (broad SMARTS) is 1. The van der Waals surface area contributed by atoms with Gasteiger partial charge in [-0.1, -0.05) is 56.9 Å². The van der Waals surface area contributed by atoms with Crippen LogP contribution in [0.15, 0.2) is 42.5 Å². The van der Waals surface area contributed by atoms with E-state index in [2.05, 4.69) is 6.92 Å². The average molecular weight is 411 g/mol. The molecule has 0 fully saturated rings. The van der Waals surface area contributed by atoms with E-state index in [-0.39, 0.29) is 12.2 Å². The molecular formula is C25H30O5. The van der Waals surface area contributed by atoms with Gasteiger partial charge in [0.25, 0.3) is 0 Å². The van der Waals surface area contributed by atoms with Gasteiger partial charge in [-0.3, -0.25) is 9.59 Å². The van der Waals surface area contributed by atoms with Crippen LogP contribution < -0.4 is 9.47 Å². The normalized spacial score (nSPS) is 15.1. The molecule has 0 spiro atoms. The maximum absolute atomic E-state index is 12.4. The van der Waals surface area contributed by atoms with Crippen molar-refractivity contribution in [2.24, 2.45) is 5.92 Å². The number of rotatable bonds is 12. The minimum Gasteiger partial charge on any atom is -0.494 e. The Labute approximate surface area is 178 Å². The van der Waals surface area contributed by atoms with Crippen LogP contribution in [0, 0.1) is 5.92 Å². The highest BCUT2D eigenvalue weighted by molar-refractivity contribution is 6.04. The van der Waals surface area contributed by atoms with E-state index in [1.165, 1.54) is 25.7 Å². The Kier molecular flexibility index (Phi) is 7.89. The summed E-state index contributed by atoms with van der Waals surface area (Å²) in [5.74, 6) is -0.0420. The summed E-state index contributed by atoms with van der Waals surface area (Å²) in [6, 6.07) is 13.2. The minimum atomic E-state index is -0.952. The molecule has 160 valence electrons. The molecule has 0 heterocycles. The molecule has 3 rings (SSSR count). The van der Waals surface area contributed by atoms with Crippen LogP contribution in [0.1, 0.15) is 66.9 Å². The predicted molar refractivity (Wildman–Crippen MR) is 115 cm³/mol. The van der Waals surface area contributed by atoms with Crippen LogP contribution in [0.2, 0.25) is 0 Å². The first kappa shape index (κ1) is 21.9. The predicted octanol–water partition coefficient (Wildman–Crippen LogP) is 5.44. The van der Waals surface area contributed by atoms with E-state index in [9.17, 15) is 9.59 Å². The second-order valence-electron chi connectivity index (χ2n) is 7.84. The largest absolute Gasteiger partial charge is 0.494 e. The molecule has 0 saturated heterocycles. The molecule has 1 atom stereocenters. The number of carbonyl (C=O) groups excluding carboxylic acids is 1. The third kappa shape index (κ3) is 5.85. The Morgan fingerprint density at radius 1 is 1.03 bits per heavy atom. The molecule has 5 nitrogen and oxygen atoms in total. The van der Waals surface area contributed by atoms with Gasteiger partial charge in [0.15, 0.2) is 5.78 Å². The van der Waals surface area contributed by atoms with Gasteiger partial charge in [0.2, 0.25) is 0 Å². The molecule has 5 heteroatoms. The molecule has 0 aliphatic heterocycles. The van der Waals surface area contributed by atoms with Gasteiger partial charge in [0, 0.05) is 17.0 Å². The number of hydrogen-bond acceptors (Lipinski definition) is 4. The minimum absolute atomic E-state index is 0.103. The van der Waals surface area contributed by atoms with Crippen molar-refractivity contribution in [1.29, 1.82) is 0 Å². The summed E-state index contributed by atoms with van der Waals surface area (Å²) in [5, 5.41) is 9.02. The fraction of sp³-hybridized carbons (Fsp3) is 0.440. The lowest BCUT2D eigenvalue weighted by Gasteiger charge is -2.11. The van der Waals surface area contributed by atoms with Crippen LogP contribution in [0.4, 0.5) is 0 Å². The van der Waals surface area contributed by atoms with Gasteiger partial charge in [-0.15, -0.1) is 0 Å². The zero-order valence-electron chi connectivity index (χ0n) is 17.6. The van der Waals surface area contributed by atoms with Gasteiger partial charge in [0.05, 0.1) is 13.0 Å². The number of hydrogen-bond donors (Lipinski definition) is 1. The summed E-state index contributed by atoms with van der Waals surface area (Å²) in [6.45, 7) is 3.33. The van der Waals surface area contributed by atoms with Crippen LogP contribution in [0.25, 0.3) is 0 Å². The number of unbranched alkanes of at least 4 members (excludes halogenated alkanes) is 4. The zero-order chi connectivity index (χ0) is 21.3. The molecule has 1 N–H and O–H groups in total. The maximum Gasteiger partial charge on any atom is 0.304 e. The monoisotopic (exact) mass is 410 g/mol. The van der Waals surface area contributed by atoms with Crippen molar-refractivity contribution in [1.82, 2.24) is 0 Å². The summed E-state index contributed by atoms with van der Waals surface area (Å²) in [7, 11) is 0. The molecule has 1 aliphatic rings. The number of ether oxygens (including phenoxy) is 2. The van der Waals surface area contributed by atoms with Gasteiger partial charge in [0.1, 0.15) is 18.1 Å². The number of ketones is 1. The van der Waals surface area contributed by atoms with E-state index in [1.54, 1.807) is 12.1 Å². The van der Waals surface area contributed by atoms with E-state index < -0.39 is 11.9 Å². The lowest BCUT2D eigenvalue weighted by atomic mass is 10.0. The van der Waals surface area contributed by atoms with E-state index >= 15 is 0 Å². The molecule has 1 aliphatic carbocycles. The molecule has 0 aromatic heterocycles. The van der Waals surface area contributed by atoms with Crippen molar-refractivity contribution in [3.05, 3.63) is 59.2 Å². The molecule has 0 amide bonds. The van der Waals surface area contributed by atoms with Gasteiger partial charge in [-0.25, -0.2) is 0 Å². The first-order valence-electron chi connectivity index (χ1n) is 10.8. The summed E-state index contributed by atoms with van der Waals surface area (Å²) in [4.78, 5) is 23.4. The van der Waals surface area contributed by atoms with E-state index in [0.717, 1.165) is 29.9 Å². The van der Waals surface area contributed by atoms with Crippen molar-refractivity contribution in [3.8, 4) is 11.5 Å². The van der Waals surface area contributed by atoms with Crippen LogP contribution >= 0.6 is 0 Å². The molecule has 0 bridgehead atoms. The van der Waals surface area contributed by atoms with Crippen molar-refractivity contribution in [2.45, 2.75) is 58.5 Å². The Hall–Kier alpha value is -2.82. The van der Waals surface area contributed by atoms with Crippen molar-refractivity contribution < 1.29 is 24.2 Å². The molecule has 1 unspecified atom stereocenters. The van der Waals surface area contributed by atoms with Crippen LogP contribution in [0.5, 0.6) is 11.5 Å². The number of carboxylic acids is 1. The fourth-order valence-electron chi connectivity index (χ4n) is 3.82. The molecule has 30 heavy (non-hydrogen) atoms. The topological polar surface area (TPSA) is 72.8 Å². The summed E-state index contributed by atoms with van der Waals surface area (Å²) in [5.41, 5.74) is 2.41. The highest BCUT2D eigenvalue weighted by Gasteiger charge is 2.34. The standard InChI is InChI=1S/C25H30O5/c1-2-3-4-5-6-14-29-20-12-10-18(11-13-20)17-30-23-9-7-8-21-22(23)15-19(25(21)28)16-24(26)27/h7-13,19H,2-6,14-17H2,1H3,(H,26,27). The van der Waals surface area contributed by atoms with E-state index in [1.807, 2.05) is 30.3 Å². The Balaban J connectivity index is 1.51. The number of Topliss-reactive ketones (excluding diaryl/α,β-unsaturated/α-hetero) is 1. The van der Waals surface area contributed by atoms with Gasteiger partial charge in [-0.05, 0) is 36.6 Å². The first-order valence-corrected chi connectivity index (χ1v) is 10.8. The quantitative estimate of drug-likeness (QED) is 0.471. The number of fused-ring (bicyclic) bond motifs is 1. The first-order chi connectivity index (χ1) is 14.6. The fourth-order valence-corrected chi connectivity index (χ4v) is 3.82. The lowest BCUT2D eigenvalue weighted by Crippen LogP contribution is -2.13. The van der Waals surface area contributed by atoms with Crippen LogP contribution in [-0.4, -0.2) is 23.5 Å². The average Bonchev–Trinajstić information content (AvgIpc) is 3.05. The molecule has 2 aromatic carbocycles. The van der Waals surface area contributed by atoms with E-state index in [0.29, 0.717) is 24.3 Å². The van der Waals surface area contributed by atoms with Crippen molar-refractivity contribution in [2.75, 3.05) is 6.61 Å². The number of carbonyl (C=O) groups is 2.